The number of hydrogen-bond donors (Lipinski definition) is 2. The van der Waals surface area contributed by atoms with Crippen LogP contribution in [0, 0.1) is 6.92 Å². The highest BCUT2D eigenvalue weighted by atomic mass is 16.5. The van der Waals surface area contributed by atoms with Crippen molar-refractivity contribution in [2.75, 3.05) is 0 Å². The maximum Gasteiger partial charge on any atom is 0.335 e. The molecule has 0 spiro atoms. The molecule has 2 rings (SSSR count). The van der Waals surface area contributed by atoms with Gasteiger partial charge in [-0.05, 0) is 116 Å². The van der Waals surface area contributed by atoms with E-state index in [0.717, 1.165) is 73.0 Å². The Bertz CT molecular complexity index is 900. The second kappa shape index (κ2) is 10.7. The number of phenolic OH excluding ortho intramolecular Hbond substituents is 1. The molecule has 1 aromatic carbocycles. The van der Waals surface area contributed by atoms with Crippen molar-refractivity contribution in [2.45, 2.75) is 92.1 Å². The summed E-state index contributed by atoms with van der Waals surface area (Å²) in [4.78, 5) is 11.5. The lowest BCUT2D eigenvalue weighted by molar-refractivity contribution is -0.132. The number of hydrogen-bond acceptors (Lipinski definition) is 3. The first-order valence-electron chi connectivity index (χ1n) is 11.3. The van der Waals surface area contributed by atoms with Gasteiger partial charge >= 0.3 is 5.97 Å². The Kier molecular flexibility index (Phi) is 8.55. The van der Waals surface area contributed by atoms with Gasteiger partial charge in [-0.25, -0.2) is 4.79 Å². The van der Waals surface area contributed by atoms with Crippen molar-refractivity contribution < 1.29 is 19.7 Å². The van der Waals surface area contributed by atoms with Crippen LogP contribution in [0.2, 0.25) is 0 Å². The molecule has 0 amide bonds. The van der Waals surface area contributed by atoms with Crippen molar-refractivity contribution in [1.29, 1.82) is 0 Å². The van der Waals surface area contributed by atoms with Crippen LogP contribution in [0.3, 0.4) is 0 Å². The van der Waals surface area contributed by atoms with Gasteiger partial charge in [0.2, 0.25) is 0 Å². The fraction of sp³-hybridized carbons (Fsp3) is 0.519. The fourth-order valence-corrected chi connectivity index (χ4v) is 4.18. The molecule has 0 saturated heterocycles. The fourth-order valence-electron chi connectivity index (χ4n) is 4.18. The molecule has 0 saturated carbocycles. The molecule has 0 aliphatic carbocycles. The number of benzene rings is 1. The summed E-state index contributed by atoms with van der Waals surface area (Å²) in [6.45, 7) is 12.1. The molecule has 0 bridgehead atoms. The number of aryl methyl sites for hydroxylation is 2. The van der Waals surface area contributed by atoms with Crippen LogP contribution in [-0.4, -0.2) is 21.8 Å². The van der Waals surface area contributed by atoms with Gasteiger partial charge in [-0.3, -0.25) is 0 Å². The normalized spacial score (nSPS) is 19.2. The molecule has 4 nitrogen and oxygen atoms in total. The molecule has 1 heterocycles. The van der Waals surface area contributed by atoms with Crippen molar-refractivity contribution >= 4 is 5.97 Å². The Morgan fingerprint density at radius 3 is 2.55 bits per heavy atom. The van der Waals surface area contributed by atoms with Crippen molar-refractivity contribution in [2.24, 2.45) is 0 Å². The zero-order valence-corrected chi connectivity index (χ0v) is 20.0. The molecule has 1 atom stereocenters. The molecule has 0 aromatic heterocycles. The maximum absolute atomic E-state index is 11.5. The van der Waals surface area contributed by atoms with E-state index in [1.54, 1.807) is 12.1 Å². The van der Waals surface area contributed by atoms with Gasteiger partial charge in [0.25, 0.3) is 0 Å². The van der Waals surface area contributed by atoms with E-state index in [9.17, 15) is 15.0 Å². The van der Waals surface area contributed by atoms with Gasteiger partial charge in [-0.15, -0.1) is 0 Å². The second-order valence-corrected chi connectivity index (χ2v) is 9.47. The minimum absolute atomic E-state index is 0.189. The summed E-state index contributed by atoms with van der Waals surface area (Å²) in [6.07, 6.45) is 10.5. The quantitative estimate of drug-likeness (QED) is 0.252. The number of rotatable bonds is 9. The average Bonchev–Trinajstić information content (AvgIpc) is 2.66. The van der Waals surface area contributed by atoms with E-state index in [1.807, 2.05) is 33.8 Å². The third-order valence-electron chi connectivity index (χ3n) is 6.02. The van der Waals surface area contributed by atoms with Gasteiger partial charge in [0.05, 0.1) is 5.57 Å². The zero-order valence-electron chi connectivity index (χ0n) is 20.0. The Labute approximate surface area is 187 Å². The lowest BCUT2D eigenvalue weighted by Gasteiger charge is -2.36. The second-order valence-electron chi connectivity index (χ2n) is 9.47. The monoisotopic (exact) mass is 426 g/mol. The minimum Gasteiger partial charge on any atom is -0.508 e. The number of carboxylic acids is 1. The van der Waals surface area contributed by atoms with Crippen molar-refractivity contribution in [3.8, 4) is 11.5 Å². The third-order valence-corrected chi connectivity index (χ3v) is 6.02. The van der Waals surface area contributed by atoms with Crippen LogP contribution in [0.5, 0.6) is 11.5 Å². The first kappa shape index (κ1) is 24.8. The number of aliphatic carboxylic acids is 1. The Morgan fingerprint density at radius 1 is 1.19 bits per heavy atom. The number of fused-ring (bicyclic) bond motifs is 1. The topological polar surface area (TPSA) is 66.8 Å². The van der Waals surface area contributed by atoms with E-state index in [0.29, 0.717) is 11.3 Å². The predicted octanol–water partition coefficient (Wildman–Crippen LogP) is 7.05. The van der Waals surface area contributed by atoms with Gasteiger partial charge in [-0.2, -0.15) is 0 Å². The number of phenols is 1. The van der Waals surface area contributed by atoms with Crippen LogP contribution >= 0.6 is 0 Å². The third kappa shape index (κ3) is 7.30. The van der Waals surface area contributed by atoms with Gasteiger partial charge in [0, 0.05) is 0 Å². The van der Waals surface area contributed by atoms with E-state index in [-0.39, 0.29) is 5.60 Å². The molecule has 0 radical (unpaired) electrons. The summed E-state index contributed by atoms with van der Waals surface area (Å²) < 4.78 is 6.37. The summed E-state index contributed by atoms with van der Waals surface area (Å²) in [5.74, 6) is 0.391. The lowest BCUT2D eigenvalue weighted by Crippen LogP contribution is -2.36. The molecular weight excluding hydrogens is 388 g/mol. The molecule has 2 N–H and O–H groups in total. The van der Waals surface area contributed by atoms with Crippen molar-refractivity contribution in [1.82, 2.24) is 0 Å². The van der Waals surface area contributed by atoms with Crippen LogP contribution in [0.15, 0.2) is 46.6 Å². The van der Waals surface area contributed by atoms with Gasteiger partial charge < -0.3 is 14.9 Å². The SMILES string of the molecule is CC(C)=C/C(C(=O)O)=C(\C)CCC/C(C)=C/CC[C@]1(C)CCc2cc(O)cc(C)c2O1. The number of ether oxygens (including phenoxy) is 1. The summed E-state index contributed by atoms with van der Waals surface area (Å²) in [5.41, 5.74) is 5.60. The molecule has 1 aliphatic heterocycles. The molecule has 4 heteroatoms. The maximum atomic E-state index is 11.5. The van der Waals surface area contributed by atoms with E-state index in [1.165, 1.54) is 5.57 Å². The zero-order chi connectivity index (χ0) is 23.2. The average molecular weight is 427 g/mol. The van der Waals surface area contributed by atoms with E-state index < -0.39 is 5.97 Å². The largest absolute Gasteiger partial charge is 0.508 e. The van der Waals surface area contributed by atoms with Crippen LogP contribution in [0.25, 0.3) is 0 Å². The van der Waals surface area contributed by atoms with Crippen LogP contribution < -0.4 is 4.74 Å². The minimum atomic E-state index is -0.848. The number of aromatic hydroxyl groups is 1. The molecule has 31 heavy (non-hydrogen) atoms. The van der Waals surface area contributed by atoms with Crippen LogP contribution in [0.1, 0.15) is 84.3 Å². The molecule has 0 fully saturated rings. The van der Waals surface area contributed by atoms with E-state index in [4.69, 9.17) is 4.74 Å². The Hall–Kier alpha value is -2.49. The predicted molar refractivity (Wildman–Crippen MR) is 127 cm³/mol. The Balaban J connectivity index is 1.88. The number of allylic oxidation sites excluding steroid dienone is 4. The molecular formula is C27H38O4. The summed E-state index contributed by atoms with van der Waals surface area (Å²) in [6, 6.07) is 3.58. The molecule has 0 unspecified atom stereocenters. The van der Waals surface area contributed by atoms with E-state index >= 15 is 0 Å². The summed E-state index contributed by atoms with van der Waals surface area (Å²) in [5, 5.41) is 19.2. The lowest BCUT2D eigenvalue weighted by atomic mass is 9.87. The first-order valence-corrected chi connectivity index (χ1v) is 11.3. The van der Waals surface area contributed by atoms with Crippen molar-refractivity contribution in [3.05, 3.63) is 57.7 Å². The summed E-state index contributed by atoms with van der Waals surface area (Å²) >= 11 is 0. The number of carbonyl (C=O) groups is 1. The molecule has 1 aromatic rings. The van der Waals surface area contributed by atoms with Crippen LogP contribution in [0.4, 0.5) is 0 Å². The standard InChI is InChI=1S/C27H38O4/c1-18(2)15-24(26(29)30)20(4)11-7-9-19(3)10-8-13-27(6)14-12-22-17-23(28)16-21(5)25(22)31-27/h10,15-17,28H,7-9,11-14H2,1-6H3,(H,29,30)/b19-10+,24-20-/t27-/m1/s1. The Morgan fingerprint density at radius 2 is 1.90 bits per heavy atom. The smallest absolute Gasteiger partial charge is 0.335 e. The molecule has 170 valence electrons. The van der Waals surface area contributed by atoms with E-state index in [2.05, 4.69) is 19.9 Å². The first-order chi connectivity index (χ1) is 14.5. The molecule has 1 aliphatic rings. The highest BCUT2D eigenvalue weighted by Crippen LogP contribution is 2.39. The van der Waals surface area contributed by atoms with Crippen molar-refractivity contribution in [3.63, 3.8) is 0 Å². The highest BCUT2D eigenvalue weighted by Gasteiger charge is 2.32. The van der Waals surface area contributed by atoms with Gasteiger partial charge in [-0.1, -0.05) is 22.8 Å². The highest BCUT2D eigenvalue weighted by molar-refractivity contribution is 5.90. The van der Waals surface area contributed by atoms with Crippen LogP contribution in [-0.2, 0) is 11.2 Å². The van der Waals surface area contributed by atoms with Gasteiger partial charge in [0.15, 0.2) is 0 Å². The number of carboxylic acid groups (broad SMARTS) is 1. The summed E-state index contributed by atoms with van der Waals surface area (Å²) in [7, 11) is 0. The van der Waals surface area contributed by atoms with Gasteiger partial charge in [0.1, 0.15) is 17.1 Å².